The van der Waals surface area contributed by atoms with Crippen molar-refractivity contribution in [1.29, 1.82) is 0 Å². The van der Waals surface area contributed by atoms with Crippen molar-refractivity contribution in [2.24, 2.45) is 0 Å². The number of rotatable bonds is 3. The number of carbonyl (C=O) groups excluding carboxylic acids is 1. The zero-order chi connectivity index (χ0) is 17.5. The Balaban J connectivity index is 1.74. The summed E-state index contributed by atoms with van der Waals surface area (Å²) in [4.78, 5) is 14.2. The molecule has 24 heavy (non-hydrogen) atoms. The van der Waals surface area contributed by atoms with E-state index in [1.165, 1.54) is 29.2 Å². The van der Waals surface area contributed by atoms with E-state index in [-0.39, 0.29) is 23.9 Å². The number of halogens is 3. The maximum atomic E-state index is 12.5. The summed E-state index contributed by atoms with van der Waals surface area (Å²) in [5.74, 6) is -0.274. The lowest BCUT2D eigenvalue weighted by Crippen LogP contribution is -2.56. The van der Waals surface area contributed by atoms with Crippen LogP contribution in [0.3, 0.4) is 0 Å². The van der Waals surface area contributed by atoms with Gasteiger partial charge >= 0.3 is 0 Å². The molecule has 2 aromatic carbocycles. The van der Waals surface area contributed by atoms with Crippen LogP contribution in [-0.4, -0.2) is 37.6 Å². The fourth-order valence-electron chi connectivity index (χ4n) is 2.45. The van der Waals surface area contributed by atoms with Gasteiger partial charge in [-0.15, -0.1) is 0 Å². The maximum Gasteiger partial charge on any atom is 0.255 e. The first kappa shape index (κ1) is 17.7. The highest BCUT2D eigenvalue weighted by Crippen LogP contribution is 2.28. The lowest BCUT2D eigenvalue weighted by atomic mass is 10.1. The fraction of sp³-hybridized carbons (Fsp3) is 0.188. The summed E-state index contributed by atoms with van der Waals surface area (Å²) in [6.45, 7) is 0.291. The fourth-order valence-corrected chi connectivity index (χ4v) is 4.79. The third-order valence-corrected chi connectivity index (χ3v) is 7.05. The first-order chi connectivity index (χ1) is 11.3. The molecule has 1 heterocycles. The molecule has 0 unspecified atom stereocenters. The molecule has 0 spiro atoms. The highest BCUT2D eigenvalue weighted by molar-refractivity contribution is 9.10. The van der Waals surface area contributed by atoms with Crippen molar-refractivity contribution in [2.45, 2.75) is 10.1 Å². The summed E-state index contributed by atoms with van der Waals surface area (Å²) < 4.78 is 25.8. The summed E-state index contributed by atoms with van der Waals surface area (Å²) in [6.07, 6.45) is 0. The maximum absolute atomic E-state index is 12.5. The molecule has 0 bridgehead atoms. The summed E-state index contributed by atoms with van der Waals surface area (Å²) in [6, 6.07) is 11.0. The second-order valence-electron chi connectivity index (χ2n) is 5.46. The largest absolute Gasteiger partial charge is 0.336 e. The van der Waals surface area contributed by atoms with Crippen LogP contribution in [0, 0.1) is 0 Å². The van der Waals surface area contributed by atoms with Gasteiger partial charge in [-0.2, -0.15) is 0 Å². The molecule has 0 N–H and O–H groups in total. The van der Waals surface area contributed by atoms with Gasteiger partial charge in [0.15, 0.2) is 9.84 Å². The van der Waals surface area contributed by atoms with Gasteiger partial charge in [-0.25, -0.2) is 8.42 Å². The van der Waals surface area contributed by atoms with Crippen molar-refractivity contribution < 1.29 is 13.2 Å². The van der Waals surface area contributed by atoms with Crippen molar-refractivity contribution in [3.8, 4) is 0 Å². The molecular formula is C16H12BrCl2NO3S. The minimum atomic E-state index is -3.48. The second kappa shape index (κ2) is 6.67. The Morgan fingerprint density at radius 1 is 1.08 bits per heavy atom. The second-order valence-corrected chi connectivity index (χ2v) is 9.44. The lowest BCUT2D eigenvalue weighted by Gasteiger charge is -2.38. The van der Waals surface area contributed by atoms with Crippen LogP contribution in [0.15, 0.2) is 51.8 Å². The predicted molar refractivity (Wildman–Crippen MR) is 97.5 cm³/mol. The molecule has 1 aliphatic heterocycles. The van der Waals surface area contributed by atoms with Crippen LogP contribution in [-0.2, 0) is 9.84 Å². The van der Waals surface area contributed by atoms with Gasteiger partial charge in [-0.05, 0) is 42.5 Å². The molecule has 1 aliphatic rings. The number of hydrogen-bond donors (Lipinski definition) is 0. The average molecular weight is 449 g/mol. The molecule has 1 fully saturated rings. The predicted octanol–water partition coefficient (Wildman–Crippen LogP) is 4.05. The van der Waals surface area contributed by atoms with Crippen LogP contribution in [0.2, 0.25) is 10.0 Å². The molecule has 1 saturated heterocycles. The SMILES string of the molecule is O=C(c1cc(Br)ccc1Cl)N1CC(S(=O)(=O)c2ccc(Cl)cc2)C1. The smallest absolute Gasteiger partial charge is 0.255 e. The van der Waals surface area contributed by atoms with Crippen LogP contribution in [0.1, 0.15) is 10.4 Å². The van der Waals surface area contributed by atoms with Crippen LogP contribution in [0.4, 0.5) is 0 Å². The molecule has 0 radical (unpaired) electrons. The first-order valence-corrected chi connectivity index (χ1v) is 10.1. The summed E-state index contributed by atoms with van der Waals surface area (Å²) in [5.41, 5.74) is 0.355. The molecule has 3 rings (SSSR count). The van der Waals surface area contributed by atoms with Gasteiger partial charge in [0.05, 0.1) is 15.5 Å². The van der Waals surface area contributed by atoms with Gasteiger partial charge in [0.1, 0.15) is 5.25 Å². The highest BCUT2D eigenvalue weighted by atomic mass is 79.9. The van der Waals surface area contributed by atoms with Crippen molar-refractivity contribution in [3.63, 3.8) is 0 Å². The molecule has 4 nitrogen and oxygen atoms in total. The normalized spacial score (nSPS) is 15.2. The lowest BCUT2D eigenvalue weighted by molar-refractivity contribution is 0.0659. The minimum absolute atomic E-state index is 0.145. The molecule has 0 aliphatic carbocycles. The number of sulfone groups is 1. The molecular weight excluding hydrogens is 437 g/mol. The van der Waals surface area contributed by atoms with E-state index in [0.29, 0.717) is 15.6 Å². The van der Waals surface area contributed by atoms with Crippen molar-refractivity contribution in [2.75, 3.05) is 13.1 Å². The standard InChI is InChI=1S/C16H12BrCl2NO3S/c17-10-1-6-15(19)14(7-10)16(21)20-8-13(9-20)24(22,23)12-4-2-11(18)3-5-12/h1-7,13H,8-9H2. The van der Waals surface area contributed by atoms with Crippen molar-refractivity contribution >= 4 is 54.9 Å². The van der Waals surface area contributed by atoms with Crippen molar-refractivity contribution in [1.82, 2.24) is 4.90 Å². The highest BCUT2D eigenvalue weighted by Gasteiger charge is 2.41. The summed E-state index contributed by atoms with van der Waals surface area (Å²) in [5, 5.41) is 0.199. The Labute approximate surface area is 158 Å². The Hall–Kier alpha value is -1.08. The van der Waals surface area contributed by atoms with E-state index in [2.05, 4.69) is 15.9 Å². The van der Waals surface area contributed by atoms with E-state index in [1.54, 1.807) is 18.2 Å². The van der Waals surface area contributed by atoms with Gasteiger partial charge in [-0.3, -0.25) is 4.79 Å². The van der Waals surface area contributed by atoms with E-state index < -0.39 is 15.1 Å². The Bertz CT molecular complexity index is 894. The van der Waals surface area contributed by atoms with E-state index in [1.807, 2.05) is 0 Å². The van der Waals surface area contributed by atoms with E-state index in [4.69, 9.17) is 23.2 Å². The van der Waals surface area contributed by atoms with Gasteiger partial charge in [0, 0.05) is 22.6 Å². The monoisotopic (exact) mass is 447 g/mol. The van der Waals surface area contributed by atoms with Crippen molar-refractivity contribution in [3.05, 3.63) is 62.5 Å². The number of likely N-dealkylation sites (tertiary alicyclic amines) is 1. The third-order valence-electron chi connectivity index (χ3n) is 3.88. The minimum Gasteiger partial charge on any atom is -0.336 e. The average Bonchev–Trinajstić information content (AvgIpc) is 2.48. The van der Waals surface area contributed by atoms with Crippen LogP contribution in [0.25, 0.3) is 0 Å². The van der Waals surface area contributed by atoms with E-state index in [0.717, 1.165) is 4.47 Å². The quantitative estimate of drug-likeness (QED) is 0.711. The van der Waals surface area contributed by atoms with Crippen LogP contribution in [0.5, 0.6) is 0 Å². The summed E-state index contributed by atoms with van der Waals surface area (Å²) >= 11 is 15.1. The molecule has 1 amide bonds. The topological polar surface area (TPSA) is 54.5 Å². The number of nitrogens with zero attached hydrogens (tertiary/aromatic N) is 1. The Morgan fingerprint density at radius 2 is 1.71 bits per heavy atom. The molecule has 8 heteroatoms. The molecule has 0 saturated carbocycles. The number of benzene rings is 2. The summed E-state index contributed by atoms with van der Waals surface area (Å²) in [7, 11) is -3.48. The Kier molecular flexibility index (Phi) is 4.93. The third kappa shape index (κ3) is 3.33. The number of carbonyl (C=O) groups is 1. The first-order valence-electron chi connectivity index (χ1n) is 7.03. The molecule has 126 valence electrons. The Morgan fingerprint density at radius 3 is 2.33 bits per heavy atom. The van der Waals surface area contributed by atoms with Gasteiger partial charge in [0.2, 0.25) is 0 Å². The van der Waals surface area contributed by atoms with E-state index in [9.17, 15) is 13.2 Å². The van der Waals surface area contributed by atoms with Gasteiger partial charge in [0.25, 0.3) is 5.91 Å². The van der Waals surface area contributed by atoms with E-state index >= 15 is 0 Å². The molecule has 0 atom stereocenters. The van der Waals surface area contributed by atoms with Gasteiger partial charge in [-0.1, -0.05) is 39.1 Å². The zero-order valence-corrected chi connectivity index (χ0v) is 16.2. The molecule has 2 aromatic rings. The number of amides is 1. The zero-order valence-electron chi connectivity index (χ0n) is 12.2. The van der Waals surface area contributed by atoms with Crippen LogP contribution < -0.4 is 0 Å². The van der Waals surface area contributed by atoms with Gasteiger partial charge < -0.3 is 4.90 Å². The molecule has 0 aromatic heterocycles. The van der Waals surface area contributed by atoms with Crippen LogP contribution >= 0.6 is 39.1 Å². The number of hydrogen-bond acceptors (Lipinski definition) is 3.